The molecule has 1 saturated heterocycles. The fraction of sp³-hybridized carbons (Fsp3) is 0.350. The molecule has 1 fully saturated rings. The third-order valence-corrected chi connectivity index (χ3v) is 5.93. The molecule has 5 nitrogen and oxygen atoms in total. The molecule has 0 bridgehead atoms. The van der Waals surface area contributed by atoms with Gasteiger partial charge in [-0.1, -0.05) is 46.4 Å². The highest BCUT2D eigenvalue weighted by molar-refractivity contribution is 6.38. The second-order valence-electron chi connectivity index (χ2n) is 6.65. The Balaban J connectivity index is 1.52. The highest BCUT2D eigenvalue weighted by Gasteiger charge is 2.56. The minimum Gasteiger partial charge on any atom is -0.492 e. The molecule has 2 aliphatic rings. The minimum absolute atomic E-state index is 0.327. The average Bonchev–Trinajstić information content (AvgIpc) is 2.94. The first-order valence-corrected chi connectivity index (χ1v) is 10.6. The predicted molar refractivity (Wildman–Crippen MR) is 114 cm³/mol. The van der Waals surface area contributed by atoms with Crippen molar-refractivity contribution >= 4 is 58.0 Å². The lowest BCUT2D eigenvalue weighted by Crippen LogP contribution is -2.47. The molecular formula is C20H17Cl4NO4. The van der Waals surface area contributed by atoms with E-state index in [1.54, 1.807) is 35.2 Å². The Morgan fingerprint density at radius 1 is 1.00 bits per heavy atom. The van der Waals surface area contributed by atoms with Crippen molar-refractivity contribution in [3.05, 3.63) is 56.0 Å². The number of nitrogens with zero attached hydrogens (tertiary/aromatic N) is 1. The third kappa shape index (κ3) is 3.80. The van der Waals surface area contributed by atoms with E-state index in [1.165, 1.54) is 0 Å². The van der Waals surface area contributed by atoms with E-state index in [1.807, 2.05) is 0 Å². The van der Waals surface area contributed by atoms with Gasteiger partial charge >= 0.3 is 0 Å². The lowest BCUT2D eigenvalue weighted by molar-refractivity contribution is -0.256. The SMILES string of the molecule is O=C1N(CCCOc2ccc(Cl)cc2Cl)c2c(Cl)ccc(Cl)c2C12OCCCO2. The number of carbonyl (C=O) groups is 1. The van der Waals surface area contributed by atoms with Gasteiger partial charge in [0.15, 0.2) is 0 Å². The Morgan fingerprint density at radius 3 is 2.45 bits per heavy atom. The maximum atomic E-state index is 13.3. The van der Waals surface area contributed by atoms with Crippen LogP contribution in [0.3, 0.4) is 0 Å². The Hall–Kier alpha value is -1.21. The molecule has 0 radical (unpaired) electrons. The molecule has 154 valence electrons. The van der Waals surface area contributed by atoms with E-state index in [-0.39, 0.29) is 5.91 Å². The van der Waals surface area contributed by atoms with Gasteiger partial charge < -0.3 is 19.1 Å². The second kappa shape index (κ2) is 8.50. The molecule has 0 aromatic heterocycles. The van der Waals surface area contributed by atoms with Crippen molar-refractivity contribution in [2.45, 2.75) is 18.6 Å². The number of hydrogen-bond donors (Lipinski definition) is 0. The molecule has 29 heavy (non-hydrogen) atoms. The van der Waals surface area contributed by atoms with Crippen molar-refractivity contribution < 1.29 is 19.0 Å². The number of hydrogen-bond acceptors (Lipinski definition) is 4. The van der Waals surface area contributed by atoms with Gasteiger partial charge in [-0.05, 0) is 43.2 Å². The summed E-state index contributed by atoms with van der Waals surface area (Å²) in [5, 5.41) is 1.75. The van der Waals surface area contributed by atoms with Crippen LogP contribution in [0, 0.1) is 0 Å². The van der Waals surface area contributed by atoms with Crippen LogP contribution >= 0.6 is 46.4 Å². The van der Waals surface area contributed by atoms with E-state index >= 15 is 0 Å². The first-order chi connectivity index (χ1) is 13.9. The lowest BCUT2D eigenvalue weighted by atomic mass is 10.1. The standard InChI is InChI=1S/C20H17Cl4NO4/c21-12-3-6-16(15(24)11-12)27-8-1-7-25-18-14(23)5-4-13(22)17(18)20(19(25)26)28-9-2-10-29-20/h3-6,11H,1-2,7-10H2. The highest BCUT2D eigenvalue weighted by atomic mass is 35.5. The van der Waals surface area contributed by atoms with Crippen molar-refractivity contribution in [1.29, 1.82) is 0 Å². The van der Waals surface area contributed by atoms with Gasteiger partial charge in [-0.2, -0.15) is 0 Å². The topological polar surface area (TPSA) is 48.0 Å². The van der Waals surface area contributed by atoms with Crippen LogP contribution in [0.1, 0.15) is 18.4 Å². The van der Waals surface area contributed by atoms with Crippen LogP contribution in [0.25, 0.3) is 0 Å². The van der Waals surface area contributed by atoms with Crippen molar-refractivity contribution in [1.82, 2.24) is 0 Å². The van der Waals surface area contributed by atoms with Crippen molar-refractivity contribution in [3.8, 4) is 5.75 Å². The van der Waals surface area contributed by atoms with E-state index in [2.05, 4.69) is 0 Å². The van der Waals surface area contributed by atoms with Crippen LogP contribution in [0.4, 0.5) is 5.69 Å². The molecule has 2 heterocycles. The van der Waals surface area contributed by atoms with Crippen LogP contribution in [0.2, 0.25) is 20.1 Å². The molecular weight excluding hydrogens is 460 g/mol. The lowest BCUT2D eigenvalue weighted by Gasteiger charge is -2.32. The number of ether oxygens (including phenoxy) is 3. The normalized spacial score (nSPS) is 17.7. The zero-order chi connectivity index (χ0) is 20.6. The van der Waals surface area contributed by atoms with Gasteiger partial charge in [0.2, 0.25) is 0 Å². The molecule has 4 rings (SSSR count). The summed E-state index contributed by atoms with van der Waals surface area (Å²) in [7, 11) is 0. The fourth-order valence-corrected chi connectivity index (χ4v) is 4.51. The molecule has 0 aliphatic carbocycles. The van der Waals surface area contributed by atoms with E-state index in [0.29, 0.717) is 76.3 Å². The van der Waals surface area contributed by atoms with Crippen LogP contribution < -0.4 is 9.64 Å². The number of rotatable bonds is 5. The van der Waals surface area contributed by atoms with Gasteiger partial charge in [-0.3, -0.25) is 4.79 Å². The molecule has 2 aromatic rings. The summed E-state index contributed by atoms with van der Waals surface area (Å²) in [4.78, 5) is 14.8. The number of carbonyl (C=O) groups excluding carboxylic acids is 1. The average molecular weight is 477 g/mol. The fourth-order valence-electron chi connectivity index (χ4n) is 3.51. The van der Waals surface area contributed by atoms with Crippen LogP contribution in [0.15, 0.2) is 30.3 Å². The molecule has 9 heteroatoms. The van der Waals surface area contributed by atoms with Gasteiger partial charge in [0, 0.05) is 11.6 Å². The molecule has 1 spiro atoms. The quantitative estimate of drug-likeness (QED) is 0.519. The van der Waals surface area contributed by atoms with Crippen LogP contribution in [0.5, 0.6) is 5.75 Å². The Bertz CT molecular complexity index is 946. The molecule has 0 atom stereocenters. The Morgan fingerprint density at radius 2 is 1.72 bits per heavy atom. The van der Waals surface area contributed by atoms with E-state index in [4.69, 9.17) is 60.6 Å². The number of amides is 1. The maximum absolute atomic E-state index is 13.3. The molecule has 0 N–H and O–H groups in total. The first-order valence-electron chi connectivity index (χ1n) is 9.10. The summed E-state index contributed by atoms with van der Waals surface area (Å²) in [5.74, 6) is -1.33. The van der Waals surface area contributed by atoms with Crippen molar-refractivity contribution in [2.75, 3.05) is 31.3 Å². The second-order valence-corrected chi connectivity index (χ2v) is 8.31. The largest absolute Gasteiger partial charge is 0.492 e. The van der Waals surface area contributed by atoms with Crippen molar-refractivity contribution in [3.63, 3.8) is 0 Å². The number of fused-ring (bicyclic) bond motifs is 2. The van der Waals surface area contributed by atoms with Crippen LogP contribution in [-0.4, -0.2) is 32.3 Å². The Labute approximate surface area is 188 Å². The number of halogens is 4. The zero-order valence-corrected chi connectivity index (χ0v) is 18.2. The summed E-state index contributed by atoms with van der Waals surface area (Å²) in [6.07, 6.45) is 1.24. The first kappa shape index (κ1) is 21.0. The summed E-state index contributed by atoms with van der Waals surface area (Å²) < 4.78 is 17.3. The molecule has 0 saturated carbocycles. The van der Waals surface area contributed by atoms with Gasteiger partial charge in [0.05, 0.1) is 46.1 Å². The van der Waals surface area contributed by atoms with Crippen molar-refractivity contribution in [2.24, 2.45) is 0 Å². The molecule has 2 aliphatic heterocycles. The Kier molecular flexibility index (Phi) is 6.17. The highest BCUT2D eigenvalue weighted by Crippen LogP contribution is 2.51. The van der Waals surface area contributed by atoms with E-state index in [0.717, 1.165) is 0 Å². The summed E-state index contributed by atoms with van der Waals surface area (Å²) in [6, 6.07) is 8.33. The predicted octanol–water partition coefficient (Wildman–Crippen LogP) is 5.71. The van der Waals surface area contributed by atoms with Gasteiger partial charge in [0.1, 0.15) is 5.75 Å². The monoisotopic (exact) mass is 475 g/mol. The summed E-state index contributed by atoms with van der Waals surface area (Å²) >= 11 is 24.9. The van der Waals surface area contributed by atoms with Gasteiger partial charge in [-0.25, -0.2) is 0 Å². The smallest absolute Gasteiger partial charge is 0.292 e. The number of anilines is 1. The van der Waals surface area contributed by atoms with Gasteiger partial charge in [0.25, 0.3) is 11.7 Å². The molecule has 0 unspecified atom stereocenters. The number of benzene rings is 2. The summed E-state index contributed by atoms with van der Waals surface area (Å²) in [6.45, 7) is 1.50. The third-order valence-electron chi connectivity index (χ3n) is 4.78. The minimum atomic E-state index is -1.53. The van der Waals surface area contributed by atoms with E-state index < -0.39 is 5.79 Å². The van der Waals surface area contributed by atoms with Gasteiger partial charge in [-0.15, -0.1) is 0 Å². The summed E-state index contributed by atoms with van der Waals surface area (Å²) in [5.41, 5.74) is 0.994. The van der Waals surface area contributed by atoms with E-state index in [9.17, 15) is 4.79 Å². The maximum Gasteiger partial charge on any atom is 0.292 e. The zero-order valence-electron chi connectivity index (χ0n) is 15.2. The molecule has 1 amide bonds. The molecule has 2 aromatic carbocycles. The van der Waals surface area contributed by atoms with Crippen LogP contribution in [-0.2, 0) is 20.1 Å².